The van der Waals surface area contributed by atoms with Gasteiger partial charge in [-0.15, -0.1) is 0 Å². The van der Waals surface area contributed by atoms with Crippen LogP contribution in [0.5, 0.6) is 0 Å². The van der Waals surface area contributed by atoms with Crippen LogP contribution >= 0.6 is 0 Å². The smallest absolute Gasteiger partial charge is 0.254 e. The number of imidazole rings is 1. The number of carbonyl (C=O) groups excluding carboxylic acids is 1. The Morgan fingerprint density at radius 3 is 2.89 bits per heavy atom. The third kappa shape index (κ3) is 3.60. The predicted molar refractivity (Wildman–Crippen MR) is 108 cm³/mol. The fourth-order valence-corrected chi connectivity index (χ4v) is 3.90. The van der Waals surface area contributed by atoms with E-state index in [9.17, 15) is 4.79 Å². The van der Waals surface area contributed by atoms with Crippen molar-refractivity contribution < 1.29 is 4.79 Å². The molecule has 0 saturated carbocycles. The maximum Gasteiger partial charge on any atom is 0.254 e. The van der Waals surface area contributed by atoms with E-state index in [1.54, 1.807) is 4.90 Å². The minimum absolute atomic E-state index is 0.0349. The van der Waals surface area contributed by atoms with Gasteiger partial charge in [0.15, 0.2) is 0 Å². The number of hydrogen-bond donors (Lipinski definition) is 1. The van der Waals surface area contributed by atoms with Crippen LogP contribution in [-0.4, -0.2) is 40.5 Å². The number of nitrogens with zero attached hydrogens (tertiary/aromatic N) is 3. The molecule has 4 rings (SSSR count). The van der Waals surface area contributed by atoms with E-state index < -0.39 is 0 Å². The second-order valence-corrected chi connectivity index (χ2v) is 7.41. The Kier molecular flexibility index (Phi) is 4.94. The third-order valence-corrected chi connectivity index (χ3v) is 5.51. The molecule has 140 valence electrons. The maximum absolute atomic E-state index is 13.0. The molecule has 0 spiro atoms. The maximum atomic E-state index is 13.0. The number of aryl methyl sites for hydroxylation is 1. The molecule has 5 nitrogen and oxygen atoms in total. The highest BCUT2D eigenvalue weighted by Crippen LogP contribution is 2.24. The van der Waals surface area contributed by atoms with E-state index in [1.165, 1.54) is 18.4 Å². The normalized spacial score (nSPS) is 17.2. The van der Waals surface area contributed by atoms with Crippen LogP contribution in [0.1, 0.15) is 40.5 Å². The molecule has 1 saturated heterocycles. The second-order valence-electron chi connectivity index (χ2n) is 7.41. The summed E-state index contributed by atoms with van der Waals surface area (Å²) >= 11 is 0. The predicted octanol–water partition coefficient (Wildman–Crippen LogP) is 3.31. The molecule has 5 heteroatoms. The van der Waals surface area contributed by atoms with Crippen LogP contribution in [0.15, 0.2) is 48.5 Å². The number of hydrogen-bond acceptors (Lipinski definition) is 3. The molecule has 2 aromatic carbocycles. The first-order valence-corrected chi connectivity index (χ1v) is 9.60. The van der Waals surface area contributed by atoms with Gasteiger partial charge < -0.3 is 14.8 Å². The van der Waals surface area contributed by atoms with Crippen molar-refractivity contribution in [2.75, 3.05) is 20.1 Å². The topological polar surface area (TPSA) is 50.2 Å². The van der Waals surface area contributed by atoms with Crippen LogP contribution < -0.4 is 5.32 Å². The van der Waals surface area contributed by atoms with Gasteiger partial charge in [0.05, 0.1) is 17.6 Å². The van der Waals surface area contributed by atoms with Gasteiger partial charge in [-0.1, -0.05) is 24.3 Å². The Bertz CT molecular complexity index is 956. The molecule has 1 aromatic heterocycles. The Morgan fingerprint density at radius 1 is 1.26 bits per heavy atom. The highest BCUT2D eigenvalue weighted by Gasteiger charge is 2.19. The molecule has 27 heavy (non-hydrogen) atoms. The van der Waals surface area contributed by atoms with Crippen LogP contribution in [0.4, 0.5) is 0 Å². The summed E-state index contributed by atoms with van der Waals surface area (Å²) in [5, 5.41) is 3.45. The van der Waals surface area contributed by atoms with Crippen molar-refractivity contribution in [1.82, 2.24) is 19.8 Å². The first-order chi connectivity index (χ1) is 13.1. The van der Waals surface area contributed by atoms with Gasteiger partial charge in [-0.2, -0.15) is 0 Å². The van der Waals surface area contributed by atoms with Crippen LogP contribution in [0, 0.1) is 0 Å². The van der Waals surface area contributed by atoms with Gasteiger partial charge in [0.2, 0.25) is 0 Å². The van der Waals surface area contributed by atoms with Gasteiger partial charge in [0, 0.05) is 26.2 Å². The lowest BCUT2D eigenvalue weighted by atomic mass is 9.90. The van der Waals surface area contributed by atoms with Crippen LogP contribution in [0.25, 0.3) is 11.0 Å². The molecular weight excluding hydrogens is 336 g/mol. The van der Waals surface area contributed by atoms with E-state index in [4.69, 9.17) is 0 Å². The Hall–Kier alpha value is -2.66. The van der Waals surface area contributed by atoms with Crippen molar-refractivity contribution in [2.45, 2.75) is 25.3 Å². The van der Waals surface area contributed by atoms with Crippen LogP contribution in [-0.2, 0) is 13.6 Å². The van der Waals surface area contributed by atoms with Gasteiger partial charge in [-0.3, -0.25) is 4.79 Å². The highest BCUT2D eigenvalue weighted by molar-refractivity contribution is 5.94. The molecule has 1 aliphatic heterocycles. The standard InChI is InChI=1S/C22H26N4O/c1-25(15-21-24-19-10-3-4-11-20(19)26(21)2)22(27)17-8-5-7-16(13-17)18-9-6-12-23-14-18/h3-5,7-8,10-11,13,18,23H,6,9,12,14-15H2,1-2H3. The summed E-state index contributed by atoms with van der Waals surface area (Å²) in [7, 11) is 3.84. The van der Waals surface area contributed by atoms with Crippen LogP contribution in [0.3, 0.4) is 0 Å². The second kappa shape index (κ2) is 7.53. The summed E-state index contributed by atoms with van der Waals surface area (Å²) in [5.41, 5.74) is 4.05. The number of benzene rings is 2. The summed E-state index contributed by atoms with van der Waals surface area (Å²) in [5.74, 6) is 1.42. The zero-order chi connectivity index (χ0) is 18.8. The van der Waals surface area contributed by atoms with E-state index >= 15 is 0 Å². The average Bonchev–Trinajstić information content (AvgIpc) is 3.04. The molecule has 2 heterocycles. The van der Waals surface area contributed by atoms with Crippen molar-refractivity contribution in [1.29, 1.82) is 0 Å². The van der Waals surface area contributed by atoms with Gasteiger partial charge in [-0.25, -0.2) is 4.98 Å². The van der Waals surface area contributed by atoms with Crippen LogP contribution in [0.2, 0.25) is 0 Å². The Balaban J connectivity index is 1.52. The van der Waals surface area contributed by atoms with Crippen molar-refractivity contribution >= 4 is 16.9 Å². The molecule has 1 unspecified atom stereocenters. The number of amides is 1. The molecule has 0 radical (unpaired) electrons. The number of fused-ring (bicyclic) bond motifs is 1. The first kappa shape index (κ1) is 17.7. The van der Waals surface area contributed by atoms with Crippen molar-refractivity contribution in [3.05, 3.63) is 65.5 Å². The van der Waals surface area contributed by atoms with E-state index in [1.807, 2.05) is 44.4 Å². The largest absolute Gasteiger partial charge is 0.334 e. The number of rotatable bonds is 4. The van der Waals surface area contributed by atoms with E-state index in [0.29, 0.717) is 12.5 Å². The van der Waals surface area contributed by atoms with Gasteiger partial charge in [0.25, 0.3) is 5.91 Å². The zero-order valence-electron chi connectivity index (χ0n) is 16.0. The number of piperidine rings is 1. The van der Waals surface area contributed by atoms with Crippen molar-refractivity contribution in [3.8, 4) is 0 Å². The molecule has 0 bridgehead atoms. The van der Waals surface area contributed by atoms with E-state index in [-0.39, 0.29) is 5.91 Å². The van der Waals surface area contributed by atoms with Gasteiger partial charge in [-0.05, 0) is 55.1 Å². The number of para-hydroxylation sites is 2. The third-order valence-electron chi connectivity index (χ3n) is 5.51. The fraction of sp³-hybridized carbons (Fsp3) is 0.364. The summed E-state index contributed by atoms with van der Waals surface area (Å²) in [6.07, 6.45) is 2.37. The monoisotopic (exact) mass is 362 g/mol. The molecule has 0 aliphatic carbocycles. The lowest BCUT2D eigenvalue weighted by Crippen LogP contribution is -2.29. The van der Waals surface area contributed by atoms with Gasteiger partial charge in [0.1, 0.15) is 5.82 Å². The van der Waals surface area contributed by atoms with E-state index in [2.05, 4.69) is 33.1 Å². The summed E-state index contributed by atoms with van der Waals surface area (Å²) in [4.78, 5) is 19.4. The lowest BCUT2D eigenvalue weighted by Gasteiger charge is -2.24. The SMILES string of the molecule is CN(Cc1nc2ccccc2n1C)C(=O)c1cccc(C2CCCNC2)c1. The molecule has 1 fully saturated rings. The minimum atomic E-state index is 0.0349. The Labute approximate surface area is 160 Å². The molecule has 1 amide bonds. The highest BCUT2D eigenvalue weighted by atomic mass is 16.2. The fourth-order valence-electron chi connectivity index (χ4n) is 3.90. The number of carbonyl (C=O) groups is 1. The summed E-state index contributed by atoms with van der Waals surface area (Å²) in [6, 6.07) is 16.2. The number of aromatic nitrogens is 2. The van der Waals surface area contributed by atoms with Crippen molar-refractivity contribution in [2.24, 2.45) is 7.05 Å². The minimum Gasteiger partial charge on any atom is -0.334 e. The summed E-state index contributed by atoms with van der Waals surface area (Å²) in [6.45, 7) is 2.57. The molecule has 3 aromatic rings. The molecule has 1 atom stereocenters. The van der Waals surface area contributed by atoms with E-state index in [0.717, 1.165) is 35.5 Å². The lowest BCUT2D eigenvalue weighted by molar-refractivity contribution is 0.0780. The number of nitrogens with one attached hydrogen (secondary N) is 1. The van der Waals surface area contributed by atoms with Gasteiger partial charge >= 0.3 is 0 Å². The zero-order valence-corrected chi connectivity index (χ0v) is 16.0. The molecular formula is C22H26N4O. The van der Waals surface area contributed by atoms with Crippen molar-refractivity contribution in [3.63, 3.8) is 0 Å². The average molecular weight is 362 g/mol. The first-order valence-electron chi connectivity index (χ1n) is 9.60. The Morgan fingerprint density at radius 2 is 2.11 bits per heavy atom. The molecule has 1 N–H and O–H groups in total. The quantitative estimate of drug-likeness (QED) is 0.775. The summed E-state index contributed by atoms with van der Waals surface area (Å²) < 4.78 is 2.06. The molecule has 1 aliphatic rings.